The first-order chi connectivity index (χ1) is 9.24. The lowest BCUT2D eigenvalue weighted by molar-refractivity contribution is 0.155. The minimum absolute atomic E-state index is 0.202. The second-order valence-electron chi connectivity index (χ2n) is 4.74. The van der Waals surface area contributed by atoms with E-state index in [0.29, 0.717) is 6.04 Å². The smallest absolute Gasteiger partial charge is 0.225 e. The van der Waals surface area contributed by atoms with Gasteiger partial charge < -0.3 is 14.3 Å². The maximum atomic E-state index is 8.80. The van der Waals surface area contributed by atoms with E-state index in [2.05, 4.69) is 21.4 Å². The molecule has 2 rings (SSSR count). The Kier molecular flexibility index (Phi) is 5.25. The van der Waals surface area contributed by atoms with Gasteiger partial charge >= 0.3 is 0 Å². The predicted octanol–water partition coefficient (Wildman–Crippen LogP) is 2.38. The van der Waals surface area contributed by atoms with E-state index in [0.717, 1.165) is 37.3 Å². The molecule has 1 heterocycles. The molecule has 1 aromatic rings. The summed E-state index contributed by atoms with van der Waals surface area (Å²) >= 11 is 0. The molecule has 1 aliphatic rings. The molecule has 1 aliphatic carbocycles. The van der Waals surface area contributed by atoms with Gasteiger partial charge in [0, 0.05) is 19.3 Å². The Morgan fingerprint density at radius 2 is 2.21 bits per heavy atom. The molecule has 6 heteroatoms. The number of hydrogen-bond donors (Lipinski definition) is 1. The Hall–Kier alpha value is -1.03. The summed E-state index contributed by atoms with van der Waals surface area (Å²) in [6, 6.07) is 2.28. The molecule has 0 aromatic carbocycles. The van der Waals surface area contributed by atoms with Crippen molar-refractivity contribution in [2.75, 3.05) is 11.9 Å². The number of hydrogen-bond acceptors (Lipinski definition) is 5. The predicted molar refractivity (Wildman–Crippen MR) is 78.2 cm³/mol. The lowest BCUT2D eigenvalue weighted by atomic mass is 9.92. The molecule has 0 spiro atoms. The van der Waals surface area contributed by atoms with Crippen LogP contribution in [0.5, 0.6) is 0 Å². The van der Waals surface area contributed by atoms with E-state index in [9.17, 15) is 0 Å². The monoisotopic (exact) mass is 281 g/mol. The highest BCUT2D eigenvalue weighted by atomic mass is 31.1. The third kappa shape index (κ3) is 3.72. The average molecular weight is 281 g/mol. The summed E-state index contributed by atoms with van der Waals surface area (Å²) in [7, 11) is 1.63. The van der Waals surface area contributed by atoms with Gasteiger partial charge in [-0.2, -0.15) is 0 Å². The molecular formula is C13H20N3O2P. The Morgan fingerprint density at radius 1 is 1.47 bits per heavy atom. The van der Waals surface area contributed by atoms with Crippen molar-refractivity contribution in [3.8, 4) is 0 Å². The fraction of sp³-hybridized carbons (Fsp3) is 0.538. The summed E-state index contributed by atoms with van der Waals surface area (Å²) in [5.41, 5.74) is 0.843. The highest BCUT2D eigenvalue weighted by Gasteiger charge is 2.25. The fourth-order valence-corrected chi connectivity index (χ4v) is 2.82. The van der Waals surface area contributed by atoms with Crippen molar-refractivity contribution < 1.29 is 9.42 Å². The van der Waals surface area contributed by atoms with Gasteiger partial charge in [-0.05, 0) is 37.8 Å². The lowest BCUT2D eigenvalue weighted by Crippen LogP contribution is -2.37. The molecule has 19 heavy (non-hydrogen) atoms. The van der Waals surface area contributed by atoms with E-state index < -0.39 is 9.03 Å². The highest BCUT2D eigenvalue weighted by Crippen LogP contribution is 2.28. The largest absolute Gasteiger partial charge is 0.352 e. The molecular weight excluding hydrogens is 261 g/mol. The van der Waals surface area contributed by atoms with Crippen LogP contribution in [-0.2, 0) is 4.52 Å². The van der Waals surface area contributed by atoms with Crippen LogP contribution in [0.25, 0.3) is 6.08 Å². The SMILES string of the molecule is C=Cc1ccnc(N(C)C2CCC(OPO)CC2)n1. The van der Waals surface area contributed by atoms with Crippen LogP contribution in [0.1, 0.15) is 31.4 Å². The van der Waals surface area contributed by atoms with E-state index in [1.807, 2.05) is 13.1 Å². The molecule has 0 bridgehead atoms. The topological polar surface area (TPSA) is 58.5 Å². The minimum Gasteiger partial charge on any atom is -0.352 e. The maximum absolute atomic E-state index is 8.80. The standard InChI is InChI=1S/C13H20N3O2P/c1-3-10-8-9-14-13(15-10)16(2)11-4-6-12(7-5-11)18-19-17/h3,8-9,11-12,17,19H,1,4-7H2,2H3. The van der Waals surface area contributed by atoms with E-state index in [1.165, 1.54) is 0 Å². The summed E-state index contributed by atoms with van der Waals surface area (Å²) < 4.78 is 5.27. The van der Waals surface area contributed by atoms with Crippen molar-refractivity contribution in [1.82, 2.24) is 9.97 Å². The second-order valence-corrected chi connectivity index (χ2v) is 5.15. The molecule has 1 atom stereocenters. The van der Waals surface area contributed by atoms with E-state index in [1.54, 1.807) is 12.3 Å². The first kappa shape index (κ1) is 14.4. The zero-order chi connectivity index (χ0) is 13.7. The van der Waals surface area contributed by atoms with Crippen LogP contribution in [0.2, 0.25) is 0 Å². The van der Waals surface area contributed by atoms with E-state index >= 15 is 0 Å². The molecule has 1 unspecified atom stereocenters. The van der Waals surface area contributed by atoms with E-state index in [4.69, 9.17) is 9.42 Å². The minimum atomic E-state index is -0.403. The summed E-state index contributed by atoms with van der Waals surface area (Å²) in [6.45, 7) is 3.73. The molecule has 0 aliphatic heterocycles. The maximum Gasteiger partial charge on any atom is 0.225 e. The Balaban J connectivity index is 1.96. The number of rotatable bonds is 5. The fourth-order valence-electron chi connectivity index (χ4n) is 2.43. The Morgan fingerprint density at radius 3 is 2.84 bits per heavy atom. The Labute approximate surface area is 115 Å². The molecule has 5 nitrogen and oxygen atoms in total. The van der Waals surface area contributed by atoms with Gasteiger partial charge in [0.2, 0.25) is 5.95 Å². The summed E-state index contributed by atoms with van der Waals surface area (Å²) in [6.07, 6.45) is 7.71. The molecule has 1 N–H and O–H groups in total. The second kappa shape index (κ2) is 6.94. The summed E-state index contributed by atoms with van der Waals surface area (Å²) in [5, 5.41) is 0. The van der Waals surface area contributed by atoms with Crippen LogP contribution in [0, 0.1) is 0 Å². The zero-order valence-electron chi connectivity index (χ0n) is 11.1. The van der Waals surface area contributed by atoms with Gasteiger partial charge in [-0.25, -0.2) is 9.97 Å². The van der Waals surface area contributed by atoms with Crippen molar-refractivity contribution in [1.29, 1.82) is 0 Å². The van der Waals surface area contributed by atoms with Crippen LogP contribution in [-0.4, -0.2) is 34.1 Å². The molecule has 104 valence electrons. The highest BCUT2D eigenvalue weighted by molar-refractivity contribution is 7.25. The quantitative estimate of drug-likeness (QED) is 0.840. The summed E-state index contributed by atoms with van der Waals surface area (Å²) in [5.74, 6) is 0.741. The molecule has 1 saturated carbocycles. The van der Waals surface area contributed by atoms with Gasteiger partial charge in [-0.3, -0.25) is 0 Å². The van der Waals surface area contributed by atoms with Crippen LogP contribution in [0.4, 0.5) is 5.95 Å². The number of aromatic nitrogens is 2. The van der Waals surface area contributed by atoms with Gasteiger partial charge in [0.25, 0.3) is 0 Å². The average Bonchev–Trinajstić information content (AvgIpc) is 2.48. The lowest BCUT2D eigenvalue weighted by Gasteiger charge is -2.34. The van der Waals surface area contributed by atoms with Gasteiger partial charge in [0.1, 0.15) is 0 Å². The van der Waals surface area contributed by atoms with Crippen LogP contribution >= 0.6 is 9.03 Å². The third-order valence-corrected chi connectivity index (χ3v) is 4.04. The van der Waals surface area contributed by atoms with Crippen molar-refractivity contribution in [3.63, 3.8) is 0 Å². The van der Waals surface area contributed by atoms with Crippen molar-refractivity contribution in [2.45, 2.75) is 37.8 Å². The first-order valence-corrected chi connectivity index (χ1v) is 7.33. The van der Waals surface area contributed by atoms with Crippen LogP contribution in [0.3, 0.4) is 0 Å². The zero-order valence-corrected chi connectivity index (χ0v) is 12.1. The van der Waals surface area contributed by atoms with Gasteiger partial charge in [0.15, 0.2) is 9.03 Å². The van der Waals surface area contributed by atoms with Crippen molar-refractivity contribution >= 4 is 21.1 Å². The molecule has 1 fully saturated rings. The van der Waals surface area contributed by atoms with Crippen molar-refractivity contribution in [3.05, 3.63) is 24.5 Å². The molecule has 0 saturated heterocycles. The number of anilines is 1. The van der Waals surface area contributed by atoms with Gasteiger partial charge in [-0.15, -0.1) is 0 Å². The first-order valence-electron chi connectivity index (χ1n) is 6.47. The number of nitrogens with zero attached hydrogens (tertiary/aromatic N) is 3. The van der Waals surface area contributed by atoms with Gasteiger partial charge in [-0.1, -0.05) is 6.58 Å². The summed E-state index contributed by atoms with van der Waals surface area (Å²) in [4.78, 5) is 19.7. The van der Waals surface area contributed by atoms with Crippen LogP contribution in [0.15, 0.2) is 18.8 Å². The molecule has 1 aromatic heterocycles. The molecule has 0 radical (unpaired) electrons. The van der Waals surface area contributed by atoms with Gasteiger partial charge in [0.05, 0.1) is 11.8 Å². The normalized spacial score (nSPS) is 23.7. The molecule has 0 amide bonds. The Bertz CT molecular complexity index is 422. The van der Waals surface area contributed by atoms with E-state index in [-0.39, 0.29) is 6.10 Å². The third-order valence-electron chi connectivity index (χ3n) is 3.60. The van der Waals surface area contributed by atoms with Crippen LogP contribution < -0.4 is 4.90 Å². The van der Waals surface area contributed by atoms with Crippen molar-refractivity contribution in [2.24, 2.45) is 0 Å².